The number of anilines is 1. The summed E-state index contributed by atoms with van der Waals surface area (Å²) >= 11 is 0. The van der Waals surface area contributed by atoms with Crippen LogP contribution in [0.3, 0.4) is 0 Å². The second-order valence-corrected chi connectivity index (χ2v) is 6.62. The number of carbonyl (C=O) groups is 1. The van der Waals surface area contributed by atoms with Gasteiger partial charge in [0.25, 0.3) is 0 Å². The number of piperidine rings is 1. The Morgan fingerprint density at radius 3 is 3.17 bits per heavy atom. The summed E-state index contributed by atoms with van der Waals surface area (Å²) in [5.74, 6) is 0.979. The molecule has 1 aliphatic carbocycles. The van der Waals surface area contributed by atoms with Crippen LogP contribution in [0, 0.1) is 0 Å². The number of likely N-dealkylation sites (tertiary alicyclic amines) is 1. The molecular weight excluding hydrogens is 302 g/mol. The number of fused-ring (bicyclic) bond motifs is 1. The number of hydrogen-bond donors (Lipinski definition) is 1. The van der Waals surface area contributed by atoms with Gasteiger partial charge in [-0.05, 0) is 26.9 Å². The number of hydrogen-bond acceptors (Lipinski definition) is 5. The summed E-state index contributed by atoms with van der Waals surface area (Å²) in [7, 11) is 3.98. The SMILES string of the molecule is CN(C)C/C=C/C(=O)N1CCC[C@H](Nc2ncnc3c2C=CC3)C1. The summed E-state index contributed by atoms with van der Waals surface area (Å²) in [6, 6.07) is 0.234. The standard InChI is InChI=1S/C18H25N5O/c1-22(2)10-5-9-17(24)23-11-4-6-14(12-23)21-18-15-7-3-8-16(15)19-13-20-18/h3,5,7,9,13-14H,4,6,8,10-12H2,1-2H3,(H,19,20,21)/b9-5+/t14-/m0/s1. The van der Waals surface area contributed by atoms with Gasteiger partial charge in [0.2, 0.25) is 5.91 Å². The van der Waals surface area contributed by atoms with E-state index in [1.54, 1.807) is 12.4 Å². The first-order valence-electron chi connectivity index (χ1n) is 8.50. The minimum Gasteiger partial charge on any atom is -0.365 e. The second-order valence-electron chi connectivity index (χ2n) is 6.62. The average Bonchev–Trinajstić information content (AvgIpc) is 3.04. The van der Waals surface area contributed by atoms with Crippen molar-refractivity contribution < 1.29 is 4.79 Å². The maximum Gasteiger partial charge on any atom is 0.246 e. The van der Waals surface area contributed by atoms with Crippen LogP contribution < -0.4 is 5.32 Å². The highest BCUT2D eigenvalue weighted by Gasteiger charge is 2.24. The lowest BCUT2D eigenvalue weighted by atomic mass is 10.1. The number of aromatic nitrogens is 2. The fraction of sp³-hybridized carbons (Fsp3) is 0.500. The van der Waals surface area contributed by atoms with Crippen molar-refractivity contribution >= 4 is 17.8 Å². The van der Waals surface area contributed by atoms with Gasteiger partial charge in [-0.25, -0.2) is 9.97 Å². The molecular formula is C18H25N5O. The number of nitrogens with one attached hydrogen (secondary N) is 1. The molecule has 0 saturated carbocycles. The van der Waals surface area contributed by atoms with Gasteiger partial charge in [0.15, 0.2) is 0 Å². The highest BCUT2D eigenvalue weighted by Crippen LogP contribution is 2.25. The van der Waals surface area contributed by atoms with Crippen molar-refractivity contribution in [2.45, 2.75) is 25.3 Å². The summed E-state index contributed by atoms with van der Waals surface area (Å²) in [5, 5.41) is 3.51. The third-order valence-electron chi connectivity index (χ3n) is 4.37. The minimum absolute atomic E-state index is 0.0937. The molecule has 1 N–H and O–H groups in total. The third kappa shape index (κ3) is 4.00. The summed E-state index contributed by atoms with van der Waals surface area (Å²) in [5.41, 5.74) is 2.16. The molecule has 0 radical (unpaired) electrons. The molecule has 3 rings (SSSR count). The molecule has 1 amide bonds. The van der Waals surface area contributed by atoms with Crippen molar-refractivity contribution in [3.8, 4) is 0 Å². The predicted octanol–water partition coefficient (Wildman–Crippen LogP) is 1.57. The number of carbonyl (C=O) groups excluding carboxylic acids is 1. The number of amides is 1. The minimum atomic E-state index is 0.0937. The Bertz CT molecular complexity index is 653. The molecule has 0 bridgehead atoms. The van der Waals surface area contributed by atoms with Crippen LogP contribution in [0.25, 0.3) is 6.08 Å². The number of nitrogens with zero attached hydrogens (tertiary/aromatic N) is 4. The van der Waals surface area contributed by atoms with Gasteiger partial charge < -0.3 is 15.1 Å². The summed E-state index contributed by atoms with van der Waals surface area (Å²) < 4.78 is 0. The van der Waals surface area contributed by atoms with Gasteiger partial charge in [-0.3, -0.25) is 4.79 Å². The zero-order chi connectivity index (χ0) is 16.9. The van der Waals surface area contributed by atoms with Crippen molar-refractivity contribution in [2.24, 2.45) is 0 Å². The largest absolute Gasteiger partial charge is 0.365 e. The van der Waals surface area contributed by atoms with Crippen LogP contribution in [0.1, 0.15) is 24.1 Å². The summed E-state index contributed by atoms with van der Waals surface area (Å²) in [4.78, 5) is 25.0. The van der Waals surface area contributed by atoms with E-state index in [1.807, 2.05) is 30.0 Å². The lowest BCUT2D eigenvalue weighted by molar-refractivity contribution is -0.127. The Labute approximate surface area is 143 Å². The van der Waals surface area contributed by atoms with Crippen molar-refractivity contribution in [3.63, 3.8) is 0 Å². The molecule has 24 heavy (non-hydrogen) atoms. The van der Waals surface area contributed by atoms with Crippen LogP contribution in [0.15, 0.2) is 24.6 Å². The van der Waals surface area contributed by atoms with Gasteiger partial charge in [0, 0.05) is 43.7 Å². The smallest absolute Gasteiger partial charge is 0.246 e. The van der Waals surface area contributed by atoms with Crippen LogP contribution in [-0.2, 0) is 11.2 Å². The fourth-order valence-corrected chi connectivity index (χ4v) is 3.13. The van der Waals surface area contributed by atoms with Crippen LogP contribution >= 0.6 is 0 Å². The fourth-order valence-electron chi connectivity index (χ4n) is 3.13. The lowest BCUT2D eigenvalue weighted by Crippen LogP contribution is -2.44. The first-order chi connectivity index (χ1) is 11.6. The van der Waals surface area contributed by atoms with E-state index in [2.05, 4.69) is 27.4 Å². The first kappa shape index (κ1) is 16.6. The van der Waals surface area contributed by atoms with Gasteiger partial charge in [0.1, 0.15) is 12.1 Å². The topological polar surface area (TPSA) is 61.4 Å². The molecule has 6 nitrogen and oxygen atoms in total. The van der Waals surface area contributed by atoms with Crippen molar-refractivity contribution in [3.05, 3.63) is 35.8 Å². The molecule has 0 aromatic carbocycles. The van der Waals surface area contributed by atoms with E-state index in [9.17, 15) is 4.79 Å². The molecule has 1 aromatic rings. The second kappa shape index (κ2) is 7.57. The van der Waals surface area contributed by atoms with E-state index in [0.29, 0.717) is 6.54 Å². The first-order valence-corrected chi connectivity index (χ1v) is 8.50. The van der Waals surface area contributed by atoms with E-state index in [0.717, 1.165) is 49.4 Å². The Morgan fingerprint density at radius 2 is 2.33 bits per heavy atom. The molecule has 128 valence electrons. The Morgan fingerprint density at radius 1 is 1.46 bits per heavy atom. The molecule has 0 unspecified atom stereocenters. The molecule has 2 aliphatic rings. The van der Waals surface area contributed by atoms with Gasteiger partial charge in [-0.2, -0.15) is 0 Å². The van der Waals surface area contributed by atoms with E-state index < -0.39 is 0 Å². The van der Waals surface area contributed by atoms with Crippen LogP contribution in [-0.4, -0.2) is 65.4 Å². The maximum absolute atomic E-state index is 12.3. The van der Waals surface area contributed by atoms with Crippen LogP contribution in [0.2, 0.25) is 0 Å². The molecule has 1 fully saturated rings. The molecule has 1 aromatic heterocycles. The van der Waals surface area contributed by atoms with Gasteiger partial charge in [0.05, 0.1) is 5.69 Å². The maximum atomic E-state index is 12.3. The van der Waals surface area contributed by atoms with Gasteiger partial charge >= 0.3 is 0 Å². The van der Waals surface area contributed by atoms with E-state index in [4.69, 9.17) is 0 Å². The molecule has 2 heterocycles. The Hall–Kier alpha value is -2.21. The molecule has 6 heteroatoms. The Kier molecular flexibility index (Phi) is 5.25. The normalized spacial score (nSPS) is 20.0. The Balaban J connectivity index is 1.60. The zero-order valence-corrected chi connectivity index (χ0v) is 14.4. The zero-order valence-electron chi connectivity index (χ0n) is 14.4. The van der Waals surface area contributed by atoms with E-state index in [1.165, 1.54) is 0 Å². The van der Waals surface area contributed by atoms with Gasteiger partial charge in [-0.1, -0.05) is 18.2 Å². The highest BCUT2D eigenvalue weighted by atomic mass is 16.2. The van der Waals surface area contributed by atoms with E-state index >= 15 is 0 Å². The molecule has 1 aliphatic heterocycles. The molecule has 0 spiro atoms. The van der Waals surface area contributed by atoms with Gasteiger partial charge in [-0.15, -0.1) is 0 Å². The number of allylic oxidation sites excluding steroid dienone is 1. The highest BCUT2D eigenvalue weighted by molar-refractivity contribution is 5.87. The molecule has 1 atom stereocenters. The lowest BCUT2D eigenvalue weighted by Gasteiger charge is -2.33. The van der Waals surface area contributed by atoms with Crippen LogP contribution in [0.4, 0.5) is 5.82 Å². The monoisotopic (exact) mass is 327 g/mol. The molecule has 1 saturated heterocycles. The summed E-state index contributed by atoms with van der Waals surface area (Å²) in [6.07, 6.45) is 12.3. The quantitative estimate of drug-likeness (QED) is 0.832. The number of likely N-dealkylation sites (N-methyl/N-ethyl adjacent to an activating group) is 1. The van der Waals surface area contributed by atoms with Crippen LogP contribution in [0.5, 0.6) is 0 Å². The average molecular weight is 327 g/mol. The van der Waals surface area contributed by atoms with Crippen molar-refractivity contribution in [2.75, 3.05) is 39.0 Å². The van der Waals surface area contributed by atoms with Crippen molar-refractivity contribution in [1.82, 2.24) is 19.8 Å². The van der Waals surface area contributed by atoms with Crippen molar-refractivity contribution in [1.29, 1.82) is 0 Å². The number of rotatable bonds is 5. The summed E-state index contributed by atoms with van der Waals surface area (Å²) in [6.45, 7) is 2.32. The third-order valence-corrected chi connectivity index (χ3v) is 4.37. The predicted molar refractivity (Wildman–Crippen MR) is 95.7 cm³/mol. The van der Waals surface area contributed by atoms with E-state index in [-0.39, 0.29) is 11.9 Å².